The van der Waals surface area contributed by atoms with E-state index < -0.39 is 18.6 Å². The van der Waals surface area contributed by atoms with Crippen molar-refractivity contribution in [1.29, 1.82) is 0 Å². The summed E-state index contributed by atoms with van der Waals surface area (Å²) in [6, 6.07) is 75.4. The van der Waals surface area contributed by atoms with Crippen LogP contribution in [0.25, 0.3) is 89.5 Å². The standard InChI is InChI=1S/C26H32N.C25H30N.C24H28N.C23H26N/c1-18-8-11-21(12-9-18)22-13-10-19(2)24(14-22)25-15-23(16-26(4,5)6)20(3)17-27(25)7;1-18-12-13-21(20-10-8-7-9-11-20)15-23(18)24-14-19(2)22(17-26(24)6)16-25(3,4)5;1-17(2)13-22-16-25(5)24(14-19(22)4)23-15-21(12-11-18(23)3)20-9-7-6-8-10-20;1-16(2)22-15-24(5)23(13-18(22)4)21-14-20(12-11-17(21)3)19-9-7-6-8-10-19/h8-15,17H,16H2,1-7H3;7-15,17H,16H2,1-6H3;6-12,14-17H,13H2,1-5H3;6-16H,1-5H3/q4*+1/i3D3,16D2;;;. The minimum atomic E-state index is -2.41. The van der Waals surface area contributed by atoms with Crippen LogP contribution in [0.3, 0.4) is 0 Å². The van der Waals surface area contributed by atoms with Gasteiger partial charge >= 0.3 is 0 Å². The van der Waals surface area contributed by atoms with Crippen molar-refractivity contribution in [1.82, 2.24) is 0 Å². The third kappa shape index (κ3) is 19.9. The Kier molecular flexibility index (Phi) is 22.8. The number of benzene rings is 8. The van der Waals surface area contributed by atoms with Gasteiger partial charge in [-0.2, -0.15) is 0 Å². The van der Waals surface area contributed by atoms with E-state index in [-0.39, 0.29) is 11.1 Å². The smallest absolute Gasteiger partial charge is 0.201 e. The highest BCUT2D eigenvalue weighted by atomic mass is 14.9. The van der Waals surface area contributed by atoms with Gasteiger partial charge in [0.15, 0.2) is 24.8 Å². The number of hydrogen-bond acceptors (Lipinski definition) is 0. The van der Waals surface area contributed by atoms with Crippen LogP contribution < -0.4 is 18.3 Å². The van der Waals surface area contributed by atoms with Gasteiger partial charge in [0.05, 0.1) is 0 Å². The van der Waals surface area contributed by atoms with E-state index in [0.717, 1.165) is 40.8 Å². The molecule has 0 radical (unpaired) electrons. The third-order valence-corrected chi connectivity index (χ3v) is 19.2. The van der Waals surface area contributed by atoms with Crippen LogP contribution in [0.15, 0.2) is 237 Å². The third-order valence-electron chi connectivity index (χ3n) is 19.2. The largest absolute Gasteiger partial charge is 0.212 e. The maximum Gasteiger partial charge on any atom is 0.212 e. The molecular formula is C98H116N4+4. The molecule has 0 amide bonds. The average Bonchev–Trinajstić information content (AvgIpc) is 0.748. The molecule has 0 unspecified atom stereocenters. The van der Waals surface area contributed by atoms with Crippen LogP contribution in [0.5, 0.6) is 0 Å². The molecule has 0 N–H and O–H groups in total. The lowest BCUT2D eigenvalue weighted by molar-refractivity contribution is -0.661. The number of aromatic nitrogens is 4. The van der Waals surface area contributed by atoms with E-state index in [4.69, 9.17) is 6.85 Å². The highest BCUT2D eigenvalue weighted by Crippen LogP contribution is 2.35. The van der Waals surface area contributed by atoms with Crippen LogP contribution >= 0.6 is 0 Å². The van der Waals surface area contributed by atoms with E-state index in [1.54, 1.807) is 37.6 Å². The highest BCUT2D eigenvalue weighted by Gasteiger charge is 2.24. The zero-order chi connectivity index (χ0) is 78.2. The number of nitrogens with zero attached hydrogens (tertiary/aromatic N) is 4. The molecule has 102 heavy (non-hydrogen) atoms. The Morgan fingerprint density at radius 2 is 0.657 bits per heavy atom. The first-order valence-electron chi connectivity index (χ1n) is 39.0. The quantitative estimate of drug-likeness (QED) is 0.102. The van der Waals surface area contributed by atoms with Crippen molar-refractivity contribution in [3.63, 3.8) is 0 Å². The molecule has 0 aliphatic carbocycles. The predicted molar refractivity (Wildman–Crippen MR) is 436 cm³/mol. The Bertz CT molecular complexity index is 5070. The molecular weight excluding hydrogens is 1230 g/mol. The van der Waals surface area contributed by atoms with Crippen molar-refractivity contribution in [2.24, 2.45) is 44.9 Å². The second-order valence-corrected chi connectivity index (χ2v) is 31.4. The van der Waals surface area contributed by atoms with E-state index >= 15 is 0 Å². The van der Waals surface area contributed by atoms with Gasteiger partial charge in [-0.05, 0) is 217 Å². The van der Waals surface area contributed by atoms with E-state index in [0.29, 0.717) is 17.3 Å². The Morgan fingerprint density at radius 1 is 0.324 bits per heavy atom. The lowest BCUT2D eigenvalue weighted by Gasteiger charge is -2.19. The van der Waals surface area contributed by atoms with Gasteiger partial charge in [0.2, 0.25) is 22.8 Å². The number of aryl methyl sites for hydroxylation is 13. The molecule has 0 saturated heterocycles. The fraction of sp³-hybridized carbons (Fsp3) is 0.306. The van der Waals surface area contributed by atoms with Crippen LogP contribution in [0.4, 0.5) is 0 Å². The van der Waals surface area contributed by atoms with Crippen molar-refractivity contribution < 1.29 is 25.1 Å². The Morgan fingerprint density at radius 3 is 1.02 bits per heavy atom. The summed E-state index contributed by atoms with van der Waals surface area (Å²) < 4.78 is 50.4. The van der Waals surface area contributed by atoms with Gasteiger partial charge in [-0.25, -0.2) is 18.3 Å². The second-order valence-electron chi connectivity index (χ2n) is 31.4. The van der Waals surface area contributed by atoms with E-state index in [2.05, 4.69) is 357 Å². The normalized spacial score (nSPS) is 12.4. The molecule has 0 fully saturated rings. The molecule has 0 aliphatic rings. The minimum absolute atomic E-state index is 0.0519. The van der Waals surface area contributed by atoms with Crippen LogP contribution in [-0.4, -0.2) is 0 Å². The van der Waals surface area contributed by atoms with Gasteiger partial charge < -0.3 is 0 Å². The summed E-state index contributed by atoms with van der Waals surface area (Å²) in [4.78, 5) is 0. The molecule has 4 heteroatoms. The Hall–Kier alpha value is -9.64. The monoisotopic (exact) mass is 1350 g/mol. The van der Waals surface area contributed by atoms with Crippen molar-refractivity contribution >= 4 is 0 Å². The summed E-state index contributed by atoms with van der Waals surface area (Å²) in [5.41, 5.74) is 33.6. The van der Waals surface area contributed by atoms with Crippen molar-refractivity contribution in [3.8, 4) is 89.5 Å². The first kappa shape index (κ1) is 69.4. The van der Waals surface area contributed by atoms with E-state index in [1.165, 1.54) is 123 Å². The lowest BCUT2D eigenvalue weighted by Crippen LogP contribution is -2.32. The van der Waals surface area contributed by atoms with Crippen molar-refractivity contribution in [3.05, 3.63) is 309 Å². The minimum Gasteiger partial charge on any atom is -0.201 e. The molecule has 12 aromatic rings. The van der Waals surface area contributed by atoms with Gasteiger partial charge in [0.1, 0.15) is 28.2 Å². The summed E-state index contributed by atoms with van der Waals surface area (Å²) in [5.74, 6) is 1.22. The first-order valence-corrected chi connectivity index (χ1v) is 36.5. The van der Waals surface area contributed by atoms with Crippen molar-refractivity contribution in [2.45, 2.75) is 157 Å². The molecule has 4 heterocycles. The molecule has 4 aromatic heterocycles. The van der Waals surface area contributed by atoms with Crippen molar-refractivity contribution in [2.75, 3.05) is 0 Å². The molecule has 0 aliphatic heterocycles. The Labute approximate surface area is 622 Å². The zero-order valence-corrected chi connectivity index (χ0v) is 65.4. The average molecular weight is 1360 g/mol. The summed E-state index contributed by atoms with van der Waals surface area (Å²) in [6.45, 7) is 36.3. The van der Waals surface area contributed by atoms with Crippen LogP contribution in [0.2, 0.25) is 0 Å². The maximum atomic E-state index is 8.83. The van der Waals surface area contributed by atoms with E-state index in [1.807, 2.05) is 14.0 Å². The summed E-state index contributed by atoms with van der Waals surface area (Å²) in [5, 5.41) is 0. The fourth-order valence-electron chi connectivity index (χ4n) is 13.6. The van der Waals surface area contributed by atoms with Gasteiger partial charge in [0, 0.05) is 75.6 Å². The van der Waals surface area contributed by atoms with Crippen LogP contribution in [0, 0.1) is 79.0 Å². The zero-order valence-electron chi connectivity index (χ0n) is 70.4. The Balaban J connectivity index is 0.000000166. The fourth-order valence-corrected chi connectivity index (χ4v) is 13.6. The second kappa shape index (κ2) is 33.4. The first-order chi connectivity index (χ1) is 50.3. The van der Waals surface area contributed by atoms with Crippen LogP contribution in [-0.2, 0) is 47.4 Å². The van der Waals surface area contributed by atoms with Gasteiger partial charge in [-0.15, -0.1) is 0 Å². The number of hydrogen-bond donors (Lipinski definition) is 0. The predicted octanol–water partition coefficient (Wildman–Crippen LogP) is 23.7. The molecule has 0 bridgehead atoms. The van der Waals surface area contributed by atoms with Gasteiger partial charge in [-0.3, -0.25) is 0 Å². The topological polar surface area (TPSA) is 15.5 Å². The SMILES string of the molecule is Cc1cc(-c2cc(-c3ccccc3)ccc2C)[n+](C)cc1CC(C)(C)C.Cc1cc(-c2cc(-c3ccccc3)ccc2C)[n+](C)cc1CC(C)C.Cc1ccc(-c2ccccc2)cc1-c1cc(C)c(C(C)C)c[n+]1C.[2H]C([2H])([2H])c1c[n+](C)c(-c2cc(-c3ccc(C)cc3)ccc2C)cc1C([2H])([2H])C(C)(C)C. The molecule has 524 valence electrons. The molecule has 4 nitrogen and oxygen atoms in total. The summed E-state index contributed by atoms with van der Waals surface area (Å²) in [6.07, 6.45) is 8.86. The number of pyridine rings is 4. The summed E-state index contributed by atoms with van der Waals surface area (Å²) in [7, 11) is 8.29. The molecule has 0 saturated carbocycles. The van der Waals surface area contributed by atoms with Crippen LogP contribution in [0.1, 0.15) is 154 Å². The molecule has 8 aromatic carbocycles. The molecule has 12 rings (SSSR count). The molecule has 0 atom stereocenters. The van der Waals surface area contributed by atoms with Gasteiger partial charge in [-0.1, -0.05) is 239 Å². The highest BCUT2D eigenvalue weighted by molar-refractivity contribution is 5.77. The van der Waals surface area contributed by atoms with E-state index in [9.17, 15) is 0 Å². The maximum absolute atomic E-state index is 8.83. The summed E-state index contributed by atoms with van der Waals surface area (Å²) >= 11 is 0. The lowest BCUT2D eigenvalue weighted by atomic mass is 9.86. The number of rotatable bonds is 13. The molecule has 0 spiro atoms. The van der Waals surface area contributed by atoms with Gasteiger partial charge in [0.25, 0.3) is 0 Å².